The molecule has 2 aromatic carbocycles. The summed E-state index contributed by atoms with van der Waals surface area (Å²) in [5.74, 6) is -0.503. The van der Waals surface area contributed by atoms with Crippen molar-refractivity contribution in [3.8, 4) is 0 Å². The average Bonchev–Trinajstić information content (AvgIpc) is 2.39. The molecule has 2 N–H and O–H groups in total. The first-order chi connectivity index (χ1) is 8.68. The molecule has 0 aliphatic heterocycles. The fraction of sp³-hybridized carbons (Fsp3) is 0.200. The number of aliphatic hydroxyl groups excluding tert-OH is 2. The molecule has 0 fully saturated rings. The van der Waals surface area contributed by atoms with E-state index in [0.29, 0.717) is 0 Å². The van der Waals surface area contributed by atoms with Crippen molar-refractivity contribution >= 4 is 0 Å². The van der Waals surface area contributed by atoms with E-state index in [1.54, 1.807) is 12.1 Å². The summed E-state index contributed by atoms with van der Waals surface area (Å²) >= 11 is 0. The molecule has 2 aromatic rings. The third kappa shape index (κ3) is 2.94. The zero-order valence-corrected chi connectivity index (χ0v) is 9.83. The number of rotatable bonds is 4. The maximum Gasteiger partial charge on any atom is 0.129 e. The van der Waals surface area contributed by atoms with Crippen LogP contribution in [-0.2, 0) is 6.42 Å². The van der Waals surface area contributed by atoms with Gasteiger partial charge in [0.15, 0.2) is 0 Å². The Bertz CT molecular complexity index is 499. The van der Waals surface area contributed by atoms with Gasteiger partial charge in [0.25, 0.3) is 0 Å². The number of benzene rings is 2. The Morgan fingerprint density at radius 2 is 1.50 bits per heavy atom. The summed E-state index contributed by atoms with van der Waals surface area (Å²) in [5, 5.41) is 19.9. The molecule has 0 heterocycles. The van der Waals surface area contributed by atoms with E-state index in [2.05, 4.69) is 0 Å². The normalized spacial score (nSPS) is 14.2. The van der Waals surface area contributed by atoms with Crippen LogP contribution in [0, 0.1) is 5.82 Å². The Morgan fingerprint density at radius 1 is 0.889 bits per heavy atom. The zero-order chi connectivity index (χ0) is 13.0. The highest BCUT2D eigenvalue weighted by Gasteiger charge is 2.21. The summed E-state index contributed by atoms with van der Waals surface area (Å²) < 4.78 is 13.5. The lowest BCUT2D eigenvalue weighted by molar-refractivity contribution is 0.0169. The molecule has 0 spiro atoms. The van der Waals surface area contributed by atoms with Crippen molar-refractivity contribution in [2.45, 2.75) is 18.6 Å². The van der Waals surface area contributed by atoms with Crippen molar-refractivity contribution < 1.29 is 14.6 Å². The van der Waals surface area contributed by atoms with Gasteiger partial charge in [-0.25, -0.2) is 4.39 Å². The molecular formula is C15H15FO2. The van der Waals surface area contributed by atoms with Gasteiger partial charge < -0.3 is 10.2 Å². The fourth-order valence-electron chi connectivity index (χ4n) is 1.89. The molecule has 0 saturated heterocycles. The predicted molar refractivity (Wildman–Crippen MR) is 67.5 cm³/mol. The van der Waals surface area contributed by atoms with Crippen LogP contribution < -0.4 is 0 Å². The van der Waals surface area contributed by atoms with Crippen molar-refractivity contribution in [2.75, 3.05) is 0 Å². The second-order valence-corrected chi connectivity index (χ2v) is 4.22. The predicted octanol–water partition coefficient (Wildman–Crippen LogP) is 2.46. The quantitative estimate of drug-likeness (QED) is 0.870. The van der Waals surface area contributed by atoms with Crippen molar-refractivity contribution in [3.05, 3.63) is 71.5 Å². The lowest BCUT2D eigenvalue weighted by Gasteiger charge is -2.18. The smallest absolute Gasteiger partial charge is 0.129 e. The summed E-state index contributed by atoms with van der Waals surface area (Å²) in [6, 6.07) is 15.3. The third-order valence-corrected chi connectivity index (χ3v) is 2.88. The van der Waals surface area contributed by atoms with Gasteiger partial charge in [0.05, 0.1) is 6.10 Å². The molecule has 94 valence electrons. The summed E-state index contributed by atoms with van der Waals surface area (Å²) in [6.07, 6.45) is -1.95. The summed E-state index contributed by atoms with van der Waals surface area (Å²) in [7, 11) is 0. The molecule has 2 unspecified atom stereocenters. The molecule has 18 heavy (non-hydrogen) atoms. The Kier molecular flexibility index (Phi) is 4.07. The Labute approximate surface area is 105 Å². The van der Waals surface area contributed by atoms with Gasteiger partial charge in [0, 0.05) is 12.0 Å². The first kappa shape index (κ1) is 12.7. The summed E-state index contributed by atoms with van der Waals surface area (Å²) in [4.78, 5) is 0. The standard InChI is InChI=1S/C15H15FO2/c16-13-9-5-4-8-12(13)15(18)14(17)10-11-6-2-1-3-7-11/h1-9,14-15,17-18H,10H2. The van der Waals surface area contributed by atoms with E-state index in [9.17, 15) is 14.6 Å². The SMILES string of the molecule is OC(Cc1ccccc1)C(O)c1ccccc1F. The molecule has 2 rings (SSSR count). The van der Waals surface area contributed by atoms with Gasteiger partial charge in [-0.2, -0.15) is 0 Å². The second-order valence-electron chi connectivity index (χ2n) is 4.22. The lowest BCUT2D eigenvalue weighted by Crippen LogP contribution is -2.21. The van der Waals surface area contributed by atoms with E-state index in [1.807, 2.05) is 30.3 Å². The van der Waals surface area contributed by atoms with Gasteiger partial charge in [0.2, 0.25) is 0 Å². The van der Waals surface area contributed by atoms with Gasteiger partial charge in [-0.1, -0.05) is 48.5 Å². The van der Waals surface area contributed by atoms with Crippen LogP contribution in [0.2, 0.25) is 0 Å². The van der Waals surface area contributed by atoms with E-state index >= 15 is 0 Å². The monoisotopic (exact) mass is 246 g/mol. The van der Waals surface area contributed by atoms with Gasteiger partial charge >= 0.3 is 0 Å². The molecule has 3 heteroatoms. The fourth-order valence-corrected chi connectivity index (χ4v) is 1.89. The van der Waals surface area contributed by atoms with Crippen LogP contribution in [0.25, 0.3) is 0 Å². The lowest BCUT2D eigenvalue weighted by atomic mass is 9.98. The van der Waals surface area contributed by atoms with E-state index in [4.69, 9.17) is 0 Å². The maximum absolute atomic E-state index is 13.5. The second kappa shape index (κ2) is 5.76. The van der Waals surface area contributed by atoms with Crippen molar-refractivity contribution in [1.29, 1.82) is 0 Å². The van der Waals surface area contributed by atoms with Crippen LogP contribution in [-0.4, -0.2) is 16.3 Å². The molecule has 0 aliphatic carbocycles. The number of hydrogen-bond acceptors (Lipinski definition) is 2. The minimum absolute atomic E-state index is 0.126. The molecule has 0 amide bonds. The topological polar surface area (TPSA) is 40.5 Å². The molecule has 2 atom stereocenters. The highest BCUT2D eigenvalue weighted by atomic mass is 19.1. The first-order valence-corrected chi connectivity index (χ1v) is 5.83. The molecule has 0 bridgehead atoms. The molecule has 0 aliphatic rings. The van der Waals surface area contributed by atoms with Crippen LogP contribution in [0.3, 0.4) is 0 Å². The number of aliphatic hydroxyl groups is 2. The molecule has 0 radical (unpaired) electrons. The first-order valence-electron chi connectivity index (χ1n) is 5.83. The Balaban J connectivity index is 2.10. The van der Waals surface area contributed by atoms with Crippen LogP contribution in [0.4, 0.5) is 4.39 Å². The summed E-state index contributed by atoms with van der Waals surface area (Å²) in [6.45, 7) is 0. The average molecular weight is 246 g/mol. The van der Waals surface area contributed by atoms with E-state index in [0.717, 1.165) is 5.56 Å². The molecule has 0 saturated carbocycles. The largest absolute Gasteiger partial charge is 0.390 e. The maximum atomic E-state index is 13.5. The van der Waals surface area contributed by atoms with Crippen molar-refractivity contribution in [1.82, 2.24) is 0 Å². The highest BCUT2D eigenvalue weighted by molar-refractivity contribution is 5.22. The van der Waals surface area contributed by atoms with Crippen molar-refractivity contribution in [3.63, 3.8) is 0 Å². The summed E-state index contributed by atoms with van der Waals surface area (Å²) in [5.41, 5.74) is 1.03. The van der Waals surface area contributed by atoms with Gasteiger partial charge in [0.1, 0.15) is 11.9 Å². The number of hydrogen-bond donors (Lipinski definition) is 2. The minimum atomic E-state index is -1.22. The van der Waals surface area contributed by atoms with E-state index < -0.39 is 18.0 Å². The highest BCUT2D eigenvalue weighted by Crippen LogP contribution is 2.22. The minimum Gasteiger partial charge on any atom is -0.390 e. The third-order valence-electron chi connectivity index (χ3n) is 2.88. The van der Waals surface area contributed by atoms with Gasteiger partial charge in [-0.15, -0.1) is 0 Å². The molecule has 0 aromatic heterocycles. The van der Waals surface area contributed by atoms with Crippen molar-refractivity contribution in [2.24, 2.45) is 0 Å². The number of halogens is 1. The van der Waals surface area contributed by atoms with Gasteiger partial charge in [-0.3, -0.25) is 0 Å². The Hall–Kier alpha value is -1.71. The Morgan fingerprint density at radius 3 is 2.17 bits per heavy atom. The zero-order valence-electron chi connectivity index (χ0n) is 9.83. The molecular weight excluding hydrogens is 231 g/mol. The van der Waals surface area contributed by atoms with Crippen LogP contribution >= 0.6 is 0 Å². The van der Waals surface area contributed by atoms with Crippen LogP contribution in [0.5, 0.6) is 0 Å². The molecule has 2 nitrogen and oxygen atoms in total. The van der Waals surface area contributed by atoms with E-state index in [-0.39, 0.29) is 12.0 Å². The van der Waals surface area contributed by atoms with Crippen LogP contribution in [0.1, 0.15) is 17.2 Å². The van der Waals surface area contributed by atoms with Crippen LogP contribution in [0.15, 0.2) is 54.6 Å². The van der Waals surface area contributed by atoms with Gasteiger partial charge in [-0.05, 0) is 11.6 Å². The van der Waals surface area contributed by atoms with E-state index in [1.165, 1.54) is 12.1 Å².